The van der Waals surface area contributed by atoms with Crippen LogP contribution < -0.4 is 4.72 Å². The molecule has 1 aliphatic heterocycles. The molecule has 1 aliphatic carbocycles. The van der Waals surface area contributed by atoms with Gasteiger partial charge in [0, 0.05) is 30.9 Å². The van der Waals surface area contributed by atoms with Gasteiger partial charge in [0.05, 0.1) is 22.0 Å². The number of sulfonamides is 1. The van der Waals surface area contributed by atoms with Crippen molar-refractivity contribution in [2.75, 3.05) is 11.3 Å². The van der Waals surface area contributed by atoms with Crippen LogP contribution in [0.5, 0.6) is 0 Å². The van der Waals surface area contributed by atoms with Crippen molar-refractivity contribution in [1.29, 1.82) is 0 Å². The number of benzene rings is 3. The third-order valence-corrected chi connectivity index (χ3v) is 10.6. The number of halogens is 1. The molecule has 226 valence electrons. The van der Waals surface area contributed by atoms with Gasteiger partial charge in [-0.05, 0) is 92.1 Å². The molecule has 0 bridgehead atoms. The van der Waals surface area contributed by atoms with Gasteiger partial charge in [0.15, 0.2) is 0 Å². The maximum atomic E-state index is 14.9. The Morgan fingerprint density at radius 2 is 1.77 bits per heavy atom. The molecule has 0 saturated heterocycles. The second-order valence-electron chi connectivity index (χ2n) is 12.3. The molecule has 0 unspecified atom stereocenters. The van der Waals surface area contributed by atoms with Gasteiger partial charge in [-0.1, -0.05) is 62.4 Å². The monoisotopic (exact) mass is 600 g/mol. The van der Waals surface area contributed by atoms with Crippen molar-refractivity contribution in [1.82, 2.24) is 14.7 Å². The van der Waals surface area contributed by atoms with Crippen LogP contribution >= 0.6 is 0 Å². The molecule has 4 aromatic rings. The van der Waals surface area contributed by atoms with Crippen molar-refractivity contribution >= 4 is 15.7 Å². The predicted molar refractivity (Wildman–Crippen MR) is 169 cm³/mol. The van der Waals surface area contributed by atoms with Crippen LogP contribution in [0.4, 0.5) is 10.1 Å². The first kappa shape index (κ1) is 29.6. The van der Waals surface area contributed by atoms with Crippen molar-refractivity contribution in [3.63, 3.8) is 0 Å². The lowest BCUT2D eigenvalue weighted by Crippen LogP contribution is -2.30. The lowest BCUT2D eigenvalue weighted by Gasteiger charge is -2.29. The first-order valence-electron chi connectivity index (χ1n) is 15.5. The van der Waals surface area contributed by atoms with Crippen LogP contribution in [-0.4, -0.2) is 29.6 Å². The third kappa shape index (κ3) is 6.70. The van der Waals surface area contributed by atoms with Crippen LogP contribution in [0.3, 0.4) is 0 Å². The number of nitrogens with one attached hydrogen (secondary N) is 1. The summed E-state index contributed by atoms with van der Waals surface area (Å²) in [5, 5.41) is 4.79. The molecule has 0 amide bonds. The molecule has 0 atom stereocenters. The molecule has 0 spiro atoms. The van der Waals surface area contributed by atoms with E-state index in [0.29, 0.717) is 0 Å². The van der Waals surface area contributed by atoms with Gasteiger partial charge in [-0.15, -0.1) is 0 Å². The Labute approximate surface area is 255 Å². The van der Waals surface area contributed by atoms with E-state index in [1.165, 1.54) is 43.7 Å². The molecule has 6 nitrogen and oxygen atoms in total. The molecule has 0 radical (unpaired) electrons. The van der Waals surface area contributed by atoms with E-state index in [4.69, 9.17) is 5.10 Å². The Hall–Kier alpha value is -3.49. The highest BCUT2D eigenvalue weighted by atomic mass is 32.2. The van der Waals surface area contributed by atoms with Crippen LogP contribution in [0.2, 0.25) is 0 Å². The summed E-state index contributed by atoms with van der Waals surface area (Å²) in [4.78, 5) is 2.54. The summed E-state index contributed by atoms with van der Waals surface area (Å²) in [6.07, 6.45) is 9.08. The van der Waals surface area contributed by atoms with Crippen molar-refractivity contribution < 1.29 is 12.8 Å². The van der Waals surface area contributed by atoms with E-state index in [1.54, 1.807) is 18.2 Å². The van der Waals surface area contributed by atoms with Crippen molar-refractivity contribution in [2.24, 2.45) is 5.92 Å². The summed E-state index contributed by atoms with van der Waals surface area (Å²) in [5.74, 6) is 0.283. The molecule has 43 heavy (non-hydrogen) atoms. The zero-order valence-corrected chi connectivity index (χ0v) is 26.0. The Balaban J connectivity index is 1.09. The molecule has 1 aromatic heterocycles. The number of para-hydroxylation sites is 1. The molecule has 1 saturated carbocycles. The fourth-order valence-electron chi connectivity index (χ4n) is 6.73. The summed E-state index contributed by atoms with van der Waals surface area (Å²) in [6.45, 7) is 6.49. The molecule has 1 fully saturated rings. The Bertz CT molecular complexity index is 1690. The van der Waals surface area contributed by atoms with E-state index in [2.05, 4.69) is 35.6 Å². The smallest absolute Gasteiger partial charge is 0.261 e. The highest BCUT2D eigenvalue weighted by Crippen LogP contribution is 2.30. The number of hydrogen-bond donors (Lipinski definition) is 1. The van der Waals surface area contributed by atoms with Gasteiger partial charge in [0.2, 0.25) is 0 Å². The van der Waals surface area contributed by atoms with Gasteiger partial charge in [0.1, 0.15) is 5.82 Å². The fraction of sp³-hybridized carbons (Fsp3) is 0.400. The zero-order chi connectivity index (χ0) is 30.0. The summed E-state index contributed by atoms with van der Waals surface area (Å²) in [6, 6.07) is 20.3. The second kappa shape index (κ2) is 12.6. The van der Waals surface area contributed by atoms with E-state index < -0.39 is 15.8 Å². The number of anilines is 1. The van der Waals surface area contributed by atoms with Crippen molar-refractivity contribution in [2.45, 2.75) is 83.2 Å². The van der Waals surface area contributed by atoms with Crippen LogP contribution in [0, 0.1) is 25.6 Å². The number of nitrogens with zero attached hydrogens (tertiary/aromatic N) is 3. The predicted octanol–water partition coefficient (Wildman–Crippen LogP) is 7.50. The first-order chi connectivity index (χ1) is 20.8. The average Bonchev–Trinajstić information content (AvgIpc) is 3.62. The first-order valence-corrected chi connectivity index (χ1v) is 17.0. The summed E-state index contributed by atoms with van der Waals surface area (Å²) in [7, 11) is -3.92. The number of aromatic nitrogens is 2. The standard InChI is InChI=1S/C35H41FN4O2S/c1-25-33(26(2)40(37-25)31-13-4-3-5-14-31)24-39-20-19-29-22-32(17-16-30(29)23-39)43(41,42)38-35-18-15-28(21-34(35)36)12-8-11-27-9-6-7-10-27/h3-5,13-18,21-22,27,38H,6-12,19-20,23-24H2,1-2H3. The Morgan fingerprint density at radius 3 is 2.53 bits per heavy atom. The molecular weight excluding hydrogens is 559 g/mol. The summed E-state index contributed by atoms with van der Waals surface area (Å²) in [5.41, 5.74) is 7.45. The minimum atomic E-state index is -3.92. The van der Waals surface area contributed by atoms with Gasteiger partial charge in [0.25, 0.3) is 10.0 Å². The van der Waals surface area contributed by atoms with E-state index >= 15 is 0 Å². The van der Waals surface area contributed by atoms with Crippen molar-refractivity contribution in [3.05, 3.63) is 106 Å². The molecule has 6 rings (SSSR count). The number of rotatable bonds is 10. The molecule has 2 heterocycles. The van der Waals surface area contributed by atoms with Crippen LogP contribution in [0.15, 0.2) is 71.6 Å². The third-order valence-electron chi connectivity index (χ3n) is 9.23. The van der Waals surface area contributed by atoms with E-state index in [1.807, 2.05) is 35.0 Å². The number of aryl methyl sites for hydroxylation is 2. The fourth-order valence-corrected chi connectivity index (χ4v) is 7.85. The molecule has 1 N–H and O–H groups in total. The molecule has 3 aromatic carbocycles. The normalized spacial score (nSPS) is 16.0. The Kier molecular flexibility index (Phi) is 8.68. The summed E-state index contributed by atoms with van der Waals surface area (Å²) < 4.78 is 45.9. The minimum Gasteiger partial charge on any atom is -0.294 e. The van der Waals surface area contributed by atoms with E-state index in [9.17, 15) is 12.8 Å². The van der Waals surface area contributed by atoms with Crippen LogP contribution in [0.25, 0.3) is 5.69 Å². The highest BCUT2D eigenvalue weighted by molar-refractivity contribution is 7.92. The van der Waals surface area contributed by atoms with Gasteiger partial charge < -0.3 is 0 Å². The maximum Gasteiger partial charge on any atom is 0.261 e. The lowest BCUT2D eigenvalue weighted by molar-refractivity contribution is 0.244. The maximum absolute atomic E-state index is 14.9. The molecule has 2 aliphatic rings. The minimum absolute atomic E-state index is 0.00905. The largest absolute Gasteiger partial charge is 0.294 e. The highest BCUT2D eigenvalue weighted by Gasteiger charge is 2.24. The quantitative estimate of drug-likeness (QED) is 0.205. The van der Waals surface area contributed by atoms with Crippen LogP contribution in [-0.2, 0) is 36.0 Å². The Morgan fingerprint density at radius 1 is 0.977 bits per heavy atom. The molecule has 8 heteroatoms. The van der Waals surface area contributed by atoms with Gasteiger partial charge in [-0.3, -0.25) is 9.62 Å². The number of hydrogen-bond acceptors (Lipinski definition) is 4. The average molecular weight is 601 g/mol. The van der Waals surface area contributed by atoms with Gasteiger partial charge in [-0.2, -0.15) is 5.10 Å². The van der Waals surface area contributed by atoms with Crippen LogP contribution in [0.1, 0.15) is 72.2 Å². The van der Waals surface area contributed by atoms with Gasteiger partial charge in [-0.25, -0.2) is 17.5 Å². The van der Waals surface area contributed by atoms with Crippen molar-refractivity contribution in [3.8, 4) is 5.69 Å². The molecular formula is C35H41FN4O2S. The van der Waals surface area contributed by atoms with E-state index in [0.717, 1.165) is 78.6 Å². The van der Waals surface area contributed by atoms with E-state index in [-0.39, 0.29) is 10.6 Å². The number of fused-ring (bicyclic) bond motifs is 1. The summed E-state index contributed by atoms with van der Waals surface area (Å²) >= 11 is 0. The SMILES string of the molecule is Cc1nn(-c2ccccc2)c(C)c1CN1CCc2cc(S(=O)(=O)Nc3ccc(CCCC4CCCC4)cc3F)ccc2C1. The second-order valence-corrected chi connectivity index (χ2v) is 13.9. The topological polar surface area (TPSA) is 67.2 Å². The zero-order valence-electron chi connectivity index (χ0n) is 25.2. The lowest BCUT2D eigenvalue weighted by atomic mass is 9.98. The van der Waals surface area contributed by atoms with Gasteiger partial charge >= 0.3 is 0 Å².